The van der Waals surface area contributed by atoms with Crippen LogP contribution in [0.25, 0.3) is 6.08 Å². The van der Waals surface area contributed by atoms with E-state index < -0.39 is 0 Å². The lowest BCUT2D eigenvalue weighted by Gasteiger charge is -2.25. The van der Waals surface area contributed by atoms with Crippen molar-refractivity contribution in [1.29, 1.82) is 0 Å². The molecule has 1 aliphatic heterocycles. The minimum absolute atomic E-state index is 0.0813. The second kappa shape index (κ2) is 7.87. The lowest BCUT2D eigenvalue weighted by atomic mass is 10.1. The summed E-state index contributed by atoms with van der Waals surface area (Å²) >= 11 is 0. The Kier molecular flexibility index (Phi) is 5.37. The molecular formula is C21H21NO4. The zero-order valence-electron chi connectivity index (χ0n) is 14.4. The van der Waals surface area contributed by atoms with Gasteiger partial charge in [-0.3, -0.25) is 9.59 Å². The molecule has 1 atom stereocenters. The third-order valence-corrected chi connectivity index (χ3v) is 4.63. The second-order valence-corrected chi connectivity index (χ2v) is 6.20. The van der Waals surface area contributed by atoms with Crippen molar-refractivity contribution < 1.29 is 19.4 Å². The van der Waals surface area contributed by atoms with Gasteiger partial charge in [-0.2, -0.15) is 0 Å². The maximum Gasteiger partial charge on any atom is 0.254 e. The van der Waals surface area contributed by atoms with Crippen LogP contribution in [0.3, 0.4) is 0 Å². The van der Waals surface area contributed by atoms with E-state index in [1.807, 2.05) is 0 Å². The summed E-state index contributed by atoms with van der Waals surface area (Å²) < 4.78 is 5.87. The van der Waals surface area contributed by atoms with Crippen LogP contribution >= 0.6 is 0 Å². The number of carbonyl (C=O) groups is 2. The third-order valence-electron chi connectivity index (χ3n) is 4.63. The number of hydrogen-bond acceptors (Lipinski definition) is 4. The highest BCUT2D eigenvalue weighted by atomic mass is 16.5. The highest BCUT2D eigenvalue weighted by Gasteiger charge is 2.31. The van der Waals surface area contributed by atoms with Crippen molar-refractivity contribution in [3.63, 3.8) is 0 Å². The van der Waals surface area contributed by atoms with Crippen LogP contribution in [-0.2, 0) is 0 Å². The molecule has 134 valence electrons. The van der Waals surface area contributed by atoms with E-state index in [9.17, 15) is 14.7 Å². The first kappa shape index (κ1) is 17.7. The Labute approximate surface area is 152 Å². The van der Waals surface area contributed by atoms with Crippen LogP contribution in [0.4, 0.5) is 0 Å². The average Bonchev–Trinajstić information content (AvgIpc) is 3.14. The van der Waals surface area contributed by atoms with Gasteiger partial charge in [0.15, 0.2) is 6.29 Å². The largest absolute Gasteiger partial charge is 0.507 e. The molecule has 0 aliphatic carbocycles. The number of carbonyl (C=O) groups excluding carboxylic acids is 2. The van der Waals surface area contributed by atoms with Crippen LogP contribution in [0.5, 0.6) is 11.5 Å². The van der Waals surface area contributed by atoms with Crippen molar-refractivity contribution in [2.45, 2.75) is 18.9 Å². The summed E-state index contributed by atoms with van der Waals surface area (Å²) in [5, 5.41) is 9.88. The Morgan fingerprint density at radius 2 is 2.08 bits per heavy atom. The van der Waals surface area contributed by atoms with E-state index in [4.69, 9.17) is 4.74 Å². The molecule has 0 radical (unpaired) electrons. The van der Waals surface area contributed by atoms with Gasteiger partial charge in [-0.05, 0) is 31.0 Å². The van der Waals surface area contributed by atoms with Gasteiger partial charge in [0, 0.05) is 12.1 Å². The number of amides is 1. The van der Waals surface area contributed by atoms with Gasteiger partial charge in [0.25, 0.3) is 5.91 Å². The summed E-state index contributed by atoms with van der Waals surface area (Å²) in [6, 6.07) is 11.8. The molecule has 26 heavy (non-hydrogen) atoms. The zero-order valence-corrected chi connectivity index (χ0v) is 14.4. The molecule has 1 N–H and O–H groups in total. The molecule has 1 heterocycles. The van der Waals surface area contributed by atoms with Gasteiger partial charge in [-0.15, -0.1) is 0 Å². The predicted molar refractivity (Wildman–Crippen MR) is 99.6 cm³/mol. The van der Waals surface area contributed by atoms with Crippen molar-refractivity contribution >= 4 is 18.3 Å². The van der Waals surface area contributed by atoms with Crippen molar-refractivity contribution in [1.82, 2.24) is 4.90 Å². The Morgan fingerprint density at radius 1 is 1.27 bits per heavy atom. The van der Waals surface area contributed by atoms with Gasteiger partial charge in [0.05, 0.1) is 17.2 Å². The molecule has 1 saturated heterocycles. The molecule has 0 unspecified atom stereocenters. The van der Waals surface area contributed by atoms with Crippen molar-refractivity contribution in [3.05, 3.63) is 65.7 Å². The lowest BCUT2D eigenvalue weighted by Crippen LogP contribution is -2.39. The molecule has 1 amide bonds. The fourth-order valence-electron chi connectivity index (χ4n) is 3.28. The molecule has 5 heteroatoms. The summed E-state index contributed by atoms with van der Waals surface area (Å²) in [5.74, 6) is 0.489. The van der Waals surface area contributed by atoms with E-state index in [-0.39, 0.29) is 17.7 Å². The molecule has 0 spiro atoms. The van der Waals surface area contributed by atoms with Crippen LogP contribution in [0.15, 0.2) is 49.0 Å². The third kappa shape index (κ3) is 3.47. The molecule has 0 aromatic heterocycles. The topological polar surface area (TPSA) is 66.8 Å². The number of hydrogen-bond donors (Lipinski definition) is 1. The Bertz CT molecular complexity index is 831. The smallest absolute Gasteiger partial charge is 0.254 e. The number of likely N-dealkylation sites (tertiary alicyclic amines) is 1. The molecule has 0 saturated carbocycles. The second-order valence-electron chi connectivity index (χ2n) is 6.20. The monoisotopic (exact) mass is 351 g/mol. The van der Waals surface area contributed by atoms with Crippen molar-refractivity contribution in [2.75, 3.05) is 13.2 Å². The predicted octanol–water partition coefficient (Wildman–Crippen LogP) is 3.53. The SMILES string of the molecule is C=Cc1c(O)cccc1OC[C@@H]1CCCN1C(=O)c1ccccc1C=O. The summed E-state index contributed by atoms with van der Waals surface area (Å²) in [7, 11) is 0. The van der Waals surface area contributed by atoms with Crippen LogP contribution < -0.4 is 4.74 Å². The fourth-order valence-corrected chi connectivity index (χ4v) is 3.28. The molecule has 3 rings (SSSR count). The number of rotatable bonds is 6. The fraction of sp³-hybridized carbons (Fsp3) is 0.238. The van der Waals surface area contributed by atoms with Crippen LogP contribution in [0, 0.1) is 0 Å². The van der Waals surface area contributed by atoms with E-state index in [1.165, 1.54) is 0 Å². The first-order valence-corrected chi connectivity index (χ1v) is 8.58. The number of ether oxygens (including phenoxy) is 1. The summed E-state index contributed by atoms with van der Waals surface area (Å²) in [5.41, 5.74) is 1.35. The van der Waals surface area contributed by atoms with Gasteiger partial charge in [-0.1, -0.05) is 36.9 Å². The minimum atomic E-state index is -0.154. The van der Waals surface area contributed by atoms with Crippen molar-refractivity contribution in [2.24, 2.45) is 0 Å². The van der Waals surface area contributed by atoms with E-state index in [2.05, 4.69) is 6.58 Å². The highest BCUT2D eigenvalue weighted by Crippen LogP contribution is 2.29. The van der Waals surface area contributed by atoms with E-state index in [1.54, 1.807) is 53.4 Å². The Morgan fingerprint density at radius 3 is 2.85 bits per heavy atom. The molecule has 0 bridgehead atoms. The summed E-state index contributed by atoms with van der Waals surface area (Å²) in [6.45, 7) is 4.65. The average molecular weight is 351 g/mol. The van der Waals surface area contributed by atoms with Gasteiger partial charge in [-0.25, -0.2) is 0 Å². The number of phenolic OH excluding ortho intramolecular Hbond substituents is 1. The van der Waals surface area contributed by atoms with Crippen LogP contribution in [0.1, 0.15) is 39.1 Å². The maximum absolute atomic E-state index is 12.9. The molecule has 1 aliphatic rings. The molecule has 2 aromatic rings. The first-order valence-electron chi connectivity index (χ1n) is 8.58. The van der Waals surface area contributed by atoms with Gasteiger partial charge < -0.3 is 14.7 Å². The van der Waals surface area contributed by atoms with Crippen LogP contribution in [-0.4, -0.2) is 41.4 Å². The molecular weight excluding hydrogens is 330 g/mol. The number of phenols is 1. The van der Waals surface area contributed by atoms with Gasteiger partial charge >= 0.3 is 0 Å². The van der Waals surface area contributed by atoms with Gasteiger partial charge in [0.2, 0.25) is 0 Å². The zero-order chi connectivity index (χ0) is 18.5. The quantitative estimate of drug-likeness (QED) is 0.809. The van der Waals surface area contributed by atoms with Crippen molar-refractivity contribution in [3.8, 4) is 11.5 Å². The van der Waals surface area contributed by atoms with Crippen LogP contribution in [0.2, 0.25) is 0 Å². The van der Waals surface area contributed by atoms with Gasteiger partial charge in [0.1, 0.15) is 18.1 Å². The number of nitrogens with zero attached hydrogens (tertiary/aromatic N) is 1. The Hall–Kier alpha value is -3.08. The molecule has 2 aromatic carbocycles. The standard InChI is InChI=1S/C21H21NO4/c1-2-17-19(24)10-5-11-20(17)26-14-16-8-6-12-22(16)21(25)18-9-4-3-7-15(18)13-23/h2-5,7,9-11,13,16,24H,1,6,8,12,14H2/t16-/m0/s1. The normalized spacial score (nSPS) is 16.3. The number of aldehydes is 1. The van der Waals surface area contributed by atoms with E-state index in [0.717, 1.165) is 12.8 Å². The summed E-state index contributed by atoms with van der Waals surface area (Å²) in [4.78, 5) is 25.9. The molecule has 5 nitrogen and oxygen atoms in total. The molecule has 1 fully saturated rings. The Balaban J connectivity index is 1.75. The number of aromatic hydroxyl groups is 1. The highest BCUT2D eigenvalue weighted by molar-refractivity contribution is 6.01. The van der Waals surface area contributed by atoms with E-state index in [0.29, 0.717) is 41.9 Å². The summed E-state index contributed by atoms with van der Waals surface area (Å²) in [6.07, 6.45) is 3.97. The minimum Gasteiger partial charge on any atom is -0.507 e. The number of benzene rings is 2. The van der Waals surface area contributed by atoms with E-state index >= 15 is 0 Å². The first-order chi connectivity index (χ1) is 12.7. The lowest BCUT2D eigenvalue weighted by molar-refractivity contribution is 0.0689. The maximum atomic E-state index is 12.9.